The van der Waals surface area contributed by atoms with Crippen LogP contribution in [0.2, 0.25) is 0 Å². The van der Waals surface area contributed by atoms with Crippen LogP contribution in [0, 0.1) is 24.7 Å². The highest BCUT2D eigenvalue weighted by molar-refractivity contribution is 7.89. The largest absolute Gasteiger partial charge is 0.469 e. The summed E-state index contributed by atoms with van der Waals surface area (Å²) in [5, 5.41) is 0. The Labute approximate surface area is 160 Å². The van der Waals surface area contributed by atoms with Gasteiger partial charge in [0.2, 0.25) is 10.0 Å². The van der Waals surface area contributed by atoms with Gasteiger partial charge in [-0.25, -0.2) is 8.42 Å². The number of benzene rings is 1. The maximum Gasteiger partial charge on any atom is 0.314 e. The molecule has 2 heterocycles. The molecule has 0 N–H and O–H groups in total. The highest BCUT2D eigenvalue weighted by atomic mass is 32.2. The SMILES string of the molecule is COC(=O)[C@H]1C(OC)OC(C)C2CN(S(=O)(=O)c3ccc(C)cc3)CCC21. The number of fused-ring (bicyclic) bond motifs is 1. The molecule has 0 saturated carbocycles. The van der Waals surface area contributed by atoms with E-state index in [1.54, 1.807) is 24.3 Å². The molecule has 5 atom stereocenters. The average molecular weight is 397 g/mol. The van der Waals surface area contributed by atoms with Gasteiger partial charge in [-0.2, -0.15) is 4.31 Å². The van der Waals surface area contributed by atoms with Gasteiger partial charge in [-0.05, 0) is 38.3 Å². The summed E-state index contributed by atoms with van der Waals surface area (Å²) < 4.78 is 43.8. The molecular formula is C19H27NO6S. The predicted molar refractivity (Wildman–Crippen MR) is 98.4 cm³/mol. The minimum atomic E-state index is -3.58. The van der Waals surface area contributed by atoms with Crippen molar-refractivity contribution in [1.82, 2.24) is 4.31 Å². The van der Waals surface area contributed by atoms with Crippen molar-refractivity contribution in [1.29, 1.82) is 0 Å². The lowest BCUT2D eigenvalue weighted by Gasteiger charge is -2.48. The molecule has 0 aliphatic carbocycles. The zero-order valence-electron chi connectivity index (χ0n) is 16.1. The Balaban J connectivity index is 1.85. The summed E-state index contributed by atoms with van der Waals surface area (Å²) in [6, 6.07) is 6.86. The number of ether oxygens (including phenoxy) is 3. The van der Waals surface area contributed by atoms with Crippen molar-refractivity contribution in [3.63, 3.8) is 0 Å². The number of esters is 1. The topological polar surface area (TPSA) is 82.1 Å². The molecule has 8 heteroatoms. The van der Waals surface area contributed by atoms with Crippen LogP contribution in [-0.4, -0.2) is 58.4 Å². The van der Waals surface area contributed by atoms with Crippen molar-refractivity contribution < 1.29 is 27.4 Å². The molecule has 150 valence electrons. The molecule has 2 saturated heterocycles. The Morgan fingerprint density at radius 1 is 1.19 bits per heavy atom. The Kier molecular flexibility index (Phi) is 5.90. The summed E-state index contributed by atoms with van der Waals surface area (Å²) in [4.78, 5) is 12.6. The third kappa shape index (κ3) is 3.76. The number of rotatable bonds is 4. The fraction of sp³-hybridized carbons (Fsp3) is 0.632. The molecule has 1 aromatic rings. The van der Waals surface area contributed by atoms with Crippen LogP contribution in [0.15, 0.2) is 29.2 Å². The first-order chi connectivity index (χ1) is 12.8. The first-order valence-corrected chi connectivity index (χ1v) is 10.6. The molecule has 2 aliphatic heterocycles. The van der Waals surface area contributed by atoms with Crippen LogP contribution in [0.1, 0.15) is 18.9 Å². The second-order valence-electron chi connectivity index (χ2n) is 7.29. The van der Waals surface area contributed by atoms with Gasteiger partial charge in [0, 0.05) is 26.1 Å². The number of carbonyl (C=O) groups is 1. The zero-order valence-corrected chi connectivity index (χ0v) is 16.9. The second kappa shape index (κ2) is 7.87. The summed E-state index contributed by atoms with van der Waals surface area (Å²) in [5.74, 6) is -1.07. The monoisotopic (exact) mass is 397 g/mol. The van der Waals surface area contributed by atoms with Crippen LogP contribution in [0.5, 0.6) is 0 Å². The van der Waals surface area contributed by atoms with E-state index < -0.39 is 22.2 Å². The van der Waals surface area contributed by atoms with Gasteiger partial charge in [-0.1, -0.05) is 17.7 Å². The van der Waals surface area contributed by atoms with Gasteiger partial charge in [-0.3, -0.25) is 4.79 Å². The normalized spacial score (nSPS) is 31.9. The van der Waals surface area contributed by atoms with E-state index in [4.69, 9.17) is 14.2 Å². The van der Waals surface area contributed by atoms with E-state index in [1.165, 1.54) is 18.5 Å². The first-order valence-electron chi connectivity index (χ1n) is 9.12. The molecule has 4 unspecified atom stereocenters. The molecule has 0 bridgehead atoms. The first kappa shape index (κ1) is 20.3. The molecule has 7 nitrogen and oxygen atoms in total. The van der Waals surface area contributed by atoms with Gasteiger partial charge in [0.25, 0.3) is 0 Å². The van der Waals surface area contributed by atoms with Gasteiger partial charge >= 0.3 is 5.97 Å². The van der Waals surface area contributed by atoms with E-state index in [1.807, 2.05) is 13.8 Å². The highest BCUT2D eigenvalue weighted by Gasteiger charge is 2.51. The Morgan fingerprint density at radius 3 is 2.44 bits per heavy atom. The lowest BCUT2D eigenvalue weighted by Crippen LogP contribution is -2.57. The maximum atomic E-state index is 13.0. The van der Waals surface area contributed by atoms with E-state index in [2.05, 4.69) is 0 Å². The Bertz CT molecular complexity index is 778. The number of nitrogens with zero attached hydrogens (tertiary/aromatic N) is 1. The maximum absolute atomic E-state index is 13.0. The summed E-state index contributed by atoms with van der Waals surface area (Å²) in [6.45, 7) is 4.49. The van der Waals surface area contributed by atoms with Crippen molar-refractivity contribution in [2.24, 2.45) is 17.8 Å². The number of methoxy groups -OCH3 is 2. The molecule has 2 aliphatic rings. The summed E-state index contributed by atoms with van der Waals surface area (Å²) in [5.41, 5.74) is 1.01. The Morgan fingerprint density at radius 2 is 1.85 bits per heavy atom. The minimum Gasteiger partial charge on any atom is -0.469 e. The van der Waals surface area contributed by atoms with Gasteiger partial charge in [-0.15, -0.1) is 0 Å². The van der Waals surface area contributed by atoms with Crippen molar-refractivity contribution in [3.05, 3.63) is 29.8 Å². The third-order valence-corrected chi connectivity index (χ3v) is 7.63. The van der Waals surface area contributed by atoms with Gasteiger partial charge in [0.05, 0.1) is 18.1 Å². The summed E-state index contributed by atoms with van der Waals surface area (Å²) >= 11 is 0. The molecule has 27 heavy (non-hydrogen) atoms. The molecule has 0 radical (unpaired) electrons. The highest BCUT2D eigenvalue weighted by Crippen LogP contribution is 2.42. The fourth-order valence-electron chi connectivity index (χ4n) is 4.21. The van der Waals surface area contributed by atoms with Crippen molar-refractivity contribution in [2.75, 3.05) is 27.3 Å². The predicted octanol–water partition coefficient (Wildman–Crippen LogP) is 1.80. The molecule has 0 aromatic heterocycles. The smallest absolute Gasteiger partial charge is 0.314 e. The molecule has 1 aromatic carbocycles. The van der Waals surface area contributed by atoms with E-state index in [-0.39, 0.29) is 28.8 Å². The summed E-state index contributed by atoms with van der Waals surface area (Å²) in [7, 11) is -0.734. The van der Waals surface area contributed by atoms with Gasteiger partial charge < -0.3 is 14.2 Å². The molecule has 2 fully saturated rings. The van der Waals surface area contributed by atoms with Gasteiger partial charge in [0.1, 0.15) is 5.92 Å². The minimum absolute atomic E-state index is 0.0457. The second-order valence-corrected chi connectivity index (χ2v) is 9.22. The van der Waals surface area contributed by atoms with Gasteiger partial charge in [0.15, 0.2) is 6.29 Å². The van der Waals surface area contributed by atoms with Crippen LogP contribution < -0.4 is 0 Å². The lowest BCUT2D eigenvalue weighted by molar-refractivity contribution is -0.249. The van der Waals surface area contributed by atoms with Crippen LogP contribution in [0.3, 0.4) is 0 Å². The number of piperidine rings is 1. The van der Waals surface area contributed by atoms with E-state index in [0.717, 1.165) is 5.56 Å². The number of hydrogen-bond donors (Lipinski definition) is 0. The van der Waals surface area contributed by atoms with Crippen LogP contribution in [-0.2, 0) is 29.0 Å². The van der Waals surface area contributed by atoms with E-state index in [9.17, 15) is 13.2 Å². The van der Waals surface area contributed by atoms with Crippen LogP contribution >= 0.6 is 0 Å². The van der Waals surface area contributed by atoms with E-state index >= 15 is 0 Å². The zero-order chi connectivity index (χ0) is 19.8. The number of sulfonamides is 1. The molecule has 3 rings (SSSR count). The number of carbonyl (C=O) groups excluding carboxylic acids is 1. The molecule has 0 spiro atoms. The van der Waals surface area contributed by atoms with Crippen molar-refractivity contribution in [3.8, 4) is 0 Å². The number of hydrogen-bond acceptors (Lipinski definition) is 6. The lowest BCUT2D eigenvalue weighted by atomic mass is 9.72. The molecular weight excluding hydrogens is 370 g/mol. The molecule has 0 amide bonds. The van der Waals surface area contributed by atoms with Crippen LogP contribution in [0.4, 0.5) is 0 Å². The third-order valence-electron chi connectivity index (χ3n) is 5.75. The summed E-state index contributed by atoms with van der Waals surface area (Å²) in [6.07, 6.45) is -0.339. The van der Waals surface area contributed by atoms with Crippen LogP contribution in [0.25, 0.3) is 0 Å². The quantitative estimate of drug-likeness (QED) is 0.721. The Hall–Kier alpha value is -1.48. The van der Waals surface area contributed by atoms with Crippen molar-refractivity contribution >= 4 is 16.0 Å². The van der Waals surface area contributed by atoms with E-state index in [0.29, 0.717) is 19.5 Å². The number of aryl methyl sites for hydroxylation is 1. The standard InChI is InChI=1S/C19H27NO6S/c1-12-5-7-14(8-6-12)27(22,23)20-10-9-15-16(11-20)13(2)26-19(25-4)17(15)18(21)24-3/h5-8,13,15-17,19H,9-11H2,1-4H3/t13?,15?,16?,17-,19?/m0/s1. The average Bonchev–Trinajstić information content (AvgIpc) is 2.67. The fourth-order valence-corrected chi connectivity index (χ4v) is 5.70. The van der Waals surface area contributed by atoms with Crippen molar-refractivity contribution in [2.45, 2.75) is 37.6 Å².